The Bertz CT molecular complexity index is 199. The number of morpholine rings is 1. The molecule has 0 aromatic carbocycles. The van der Waals surface area contributed by atoms with E-state index in [9.17, 15) is 0 Å². The van der Waals surface area contributed by atoms with Crippen molar-refractivity contribution >= 4 is 11.6 Å². The molecule has 0 aromatic rings. The predicted molar refractivity (Wildman–Crippen MR) is 67.2 cm³/mol. The van der Waals surface area contributed by atoms with Gasteiger partial charge in [-0.3, -0.25) is 4.90 Å². The van der Waals surface area contributed by atoms with Gasteiger partial charge in [-0.15, -0.1) is 11.6 Å². The smallest absolute Gasteiger partial charge is 0.0844 e. The van der Waals surface area contributed by atoms with Gasteiger partial charge in [0.05, 0.1) is 18.3 Å². The van der Waals surface area contributed by atoms with Crippen molar-refractivity contribution < 1.29 is 9.47 Å². The summed E-state index contributed by atoms with van der Waals surface area (Å²) in [5.74, 6) is 0.565. The van der Waals surface area contributed by atoms with E-state index in [1.807, 2.05) is 0 Å². The highest BCUT2D eigenvalue weighted by molar-refractivity contribution is 6.18. The molecule has 0 spiro atoms. The number of rotatable bonds is 6. The summed E-state index contributed by atoms with van der Waals surface area (Å²) >= 11 is 5.87. The van der Waals surface area contributed by atoms with Crippen LogP contribution in [0, 0.1) is 0 Å². The number of nitrogens with zero attached hydrogens (tertiary/aromatic N) is 1. The van der Waals surface area contributed by atoms with Crippen molar-refractivity contribution in [2.24, 2.45) is 0 Å². The van der Waals surface area contributed by atoms with Gasteiger partial charge in [0.2, 0.25) is 0 Å². The molecule has 16 heavy (non-hydrogen) atoms. The summed E-state index contributed by atoms with van der Waals surface area (Å²) in [5.41, 5.74) is -0.0947. The second kappa shape index (κ2) is 6.80. The van der Waals surface area contributed by atoms with E-state index in [4.69, 9.17) is 21.1 Å². The van der Waals surface area contributed by atoms with Crippen molar-refractivity contribution in [1.82, 2.24) is 4.90 Å². The van der Waals surface area contributed by atoms with Crippen molar-refractivity contribution in [1.29, 1.82) is 0 Å². The average Bonchev–Trinajstić information content (AvgIpc) is 2.22. The summed E-state index contributed by atoms with van der Waals surface area (Å²) < 4.78 is 11.4. The fourth-order valence-corrected chi connectivity index (χ4v) is 2.27. The van der Waals surface area contributed by atoms with Crippen LogP contribution in [-0.4, -0.2) is 55.3 Å². The van der Waals surface area contributed by atoms with Crippen molar-refractivity contribution in [3.05, 3.63) is 0 Å². The highest BCUT2D eigenvalue weighted by Crippen LogP contribution is 2.21. The lowest BCUT2D eigenvalue weighted by atomic mass is 10.1. The van der Waals surface area contributed by atoms with Crippen molar-refractivity contribution in [2.45, 2.75) is 38.9 Å². The van der Waals surface area contributed by atoms with Crippen LogP contribution in [0.5, 0.6) is 0 Å². The first-order valence-corrected chi connectivity index (χ1v) is 6.64. The number of halogens is 1. The summed E-state index contributed by atoms with van der Waals surface area (Å²) in [6.07, 6.45) is 1.23. The van der Waals surface area contributed by atoms with Gasteiger partial charge in [0, 0.05) is 32.1 Å². The van der Waals surface area contributed by atoms with Gasteiger partial charge in [-0.05, 0) is 20.3 Å². The monoisotopic (exact) mass is 249 g/mol. The molecule has 1 fully saturated rings. The number of ether oxygens (including phenoxy) is 2. The summed E-state index contributed by atoms with van der Waals surface area (Å²) in [4.78, 5) is 2.38. The minimum Gasteiger partial charge on any atom is -0.380 e. The van der Waals surface area contributed by atoms with Gasteiger partial charge in [-0.2, -0.15) is 0 Å². The van der Waals surface area contributed by atoms with E-state index in [1.54, 1.807) is 0 Å². The van der Waals surface area contributed by atoms with Crippen molar-refractivity contribution in [2.75, 3.05) is 38.7 Å². The first-order chi connectivity index (χ1) is 7.57. The van der Waals surface area contributed by atoms with Crippen molar-refractivity contribution in [3.63, 3.8) is 0 Å². The van der Waals surface area contributed by atoms with Crippen LogP contribution in [0.15, 0.2) is 0 Å². The standard InChI is InChI=1S/C12H24ClNO2/c1-4-6-15-7-5-14-9-11(8-13)16-12(2,3)10-14/h11H,4-10H2,1-3H3. The zero-order chi connectivity index (χ0) is 12.0. The minimum absolute atomic E-state index is 0.0947. The van der Waals surface area contributed by atoms with Gasteiger partial charge >= 0.3 is 0 Å². The molecule has 0 aliphatic carbocycles. The Morgan fingerprint density at radius 2 is 2.19 bits per heavy atom. The molecule has 1 heterocycles. The predicted octanol–water partition coefficient (Wildman–Crippen LogP) is 2.13. The molecule has 0 aromatic heterocycles. The number of hydrogen-bond donors (Lipinski definition) is 0. The second-order valence-electron chi connectivity index (χ2n) is 5.00. The molecule has 0 amide bonds. The zero-order valence-electron chi connectivity index (χ0n) is 10.7. The highest BCUT2D eigenvalue weighted by atomic mass is 35.5. The van der Waals surface area contributed by atoms with E-state index in [0.29, 0.717) is 5.88 Å². The molecule has 3 nitrogen and oxygen atoms in total. The zero-order valence-corrected chi connectivity index (χ0v) is 11.4. The Morgan fingerprint density at radius 1 is 1.44 bits per heavy atom. The minimum atomic E-state index is -0.0947. The van der Waals surface area contributed by atoms with Crippen LogP contribution in [0.3, 0.4) is 0 Å². The molecule has 1 saturated heterocycles. The van der Waals surface area contributed by atoms with Crippen LogP contribution in [0.1, 0.15) is 27.2 Å². The Balaban J connectivity index is 2.29. The van der Waals surface area contributed by atoms with Gasteiger partial charge in [-0.1, -0.05) is 6.92 Å². The van der Waals surface area contributed by atoms with E-state index in [1.165, 1.54) is 0 Å². The summed E-state index contributed by atoms with van der Waals surface area (Å²) in [7, 11) is 0. The molecule has 96 valence electrons. The maximum Gasteiger partial charge on any atom is 0.0844 e. The van der Waals surface area contributed by atoms with E-state index in [-0.39, 0.29) is 11.7 Å². The van der Waals surface area contributed by atoms with E-state index in [2.05, 4.69) is 25.7 Å². The Morgan fingerprint density at radius 3 is 2.81 bits per heavy atom. The maximum atomic E-state index is 5.87. The normalized spacial score (nSPS) is 25.9. The van der Waals surface area contributed by atoms with E-state index >= 15 is 0 Å². The third-order valence-corrected chi connectivity index (χ3v) is 2.97. The van der Waals surface area contributed by atoms with Gasteiger partial charge < -0.3 is 9.47 Å². The Kier molecular flexibility index (Phi) is 6.05. The van der Waals surface area contributed by atoms with Crippen LogP contribution < -0.4 is 0 Å². The fourth-order valence-electron chi connectivity index (χ4n) is 2.11. The molecule has 1 unspecified atom stereocenters. The topological polar surface area (TPSA) is 21.7 Å². The van der Waals surface area contributed by atoms with Crippen LogP contribution in [0.2, 0.25) is 0 Å². The molecular weight excluding hydrogens is 226 g/mol. The summed E-state index contributed by atoms with van der Waals surface area (Å²) in [5, 5.41) is 0. The lowest BCUT2D eigenvalue weighted by molar-refractivity contribution is -0.130. The molecule has 1 aliphatic heterocycles. The fraction of sp³-hybridized carbons (Fsp3) is 1.00. The van der Waals surface area contributed by atoms with Gasteiger partial charge in [0.15, 0.2) is 0 Å². The Labute approximate surface area is 104 Å². The number of hydrogen-bond acceptors (Lipinski definition) is 3. The lowest BCUT2D eigenvalue weighted by Crippen LogP contribution is -2.53. The summed E-state index contributed by atoms with van der Waals surface area (Å²) in [6.45, 7) is 10.9. The molecule has 0 bridgehead atoms. The largest absolute Gasteiger partial charge is 0.380 e. The SMILES string of the molecule is CCCOCCN1CC(CCl)OC(C)(C)C1. The summed E-state index contributed by atoms with van der Waals surface area (Å²) in [6, 6.07) is 0. The maximum absolute atomic E-state index is 5.87. The highest BCUT2D eigenvalue weighted by Gasteiger charge is 2.32. The quantitative estimate of drug-likeness (QED) is 0.532. The molecule has 0 saturated carbocycles. The van der Waals surface area contributed by atoms with E-state index in [0.717, 1.165) is 39.3 Å². The third-order valence-electron chi connectivity index (χ3n) is 2.62. The third kappa shape index (κ3) is 5.00. The van der Waals surface area contributed by atoms with Crippen LogP contribution in [0.4, 0.5) is 0 Å². The first kappa shape index (κ1) is 14.2. The number of alkyl halides is 1. The molecule has 1 rings (SSSR count). The van der Waals surface area contributed by atoms with E-state index < -0.39 is 0 Å². The first-order valence-electron chi connectivity index (χ1n) is 6.11. The Hall–Kier alpha value is 0.170. The van der Waals surface area contributed by atoms with Crippen LogP contribution >= 0.6 is 11.6 Å². The molecule has 4 heteroatoms. The van der Waals surface area contributed by atoms with Crippen molar-refractivity contribution in [3.8, 4) is 0 Å². The molecule has 1 atom stereocenters. The van der Waals surface area contributed by atoms with Crippen LogP contribution in [-0.2, 0) is 9.47 Å². The molecule has 0 radical (unpaired) electrons. The van der Waals surface area contributed by atoms with Gasteiger partial charge in [0.1, 0.15) is 0 Å². The molecule has 0 N–H and O–H groups in total. The second-order valence-corrected chi connectivity index (χ2v) is 5.31. The van der Waals surface area contributed by atoms with Crippen LogP contribution in [0.25, 0.3) is 0 Å². The molecule has 1 aliphatic rings. The average molecular weight is 250 g/mol. The van der Waals surface area contributed by atoms with Gasteiger partial charge in [0.25, 0.3) is 0 Å². The lowest BCUT2D eigenvalue weighted by Gasteiger charge is -2.42. The molecular formula is C12H24ClNO2. The van der Waals surface area contributed by atoms with Gasteiger partial charge in [-0.25, -0.2) is 0 Å².